The number of nitrogens with two attached hydrogens (primary N) is 1. The van der Waals surface area contributed by atoms with E-state index in [2.05, 4.69) is 22.9 Å². The predicted molar refractivity (Wildman–Crippen MR) is 77.1 cm³/mol. The van der Waals surface area contributed by atoms with E-state index in [1.54, 1.807) is 13.3 Å². The van der Waals surface area contributed by atoms with E-state index >= 15 is 0 Å². The minimum atomic E-state index is 0.611. The van der Waals surface area contributed by atoms with E-state index in [-0.39, 0.29) is 0 Å². The third-order valence-corrected chi connectivity index (χ3v) is 4.21. The average Bonchev–Trinajstić information content (AvgIpc) is 2.93. The fraction of sp³-hybridized carbons (Fsp3) is 0.667. The molecule has 1 saturated carbocycles. The molecule has 0 aromatic carbocycles. The largest absolute Gasteiger partial charge is 0.481 e. The molecule has 0 radical (unpaired) electrons. The van der Waals surface area contributed by atoms with Gasteiger partial charge in [0, 0.05) is 24.3 Å². The van der Waals surface area contributed by atoms with Crippen LogP contribution < -0.4 is 10.5 Å². The standard InChI is InChI=1S/C15H25N3O/c1-3-18(14-8-4-6-12(14)10-16)11-13-7-5-9-17-15(13)19-2/h5,7,9,12,14H,3-4,6,8,10-11,16H2,1-2H3. The van der Waals surface area contributed by atoms with E-state index in [9.17, 15) is 0 Å². The van der Waals surface area contributed by atoms with Crippen molar-refractivity contribution in [3.05, 3.63) is 23.9 Å². The first-order chi connectivity index (χ1) is 9.30. The fourth-order valence-electron chi connectivity index (χ4n) is 3.18. The van der Waals surface area contributed by atoms with Gasteiger partial charge in [-0.25, -0.2) is 4.98 Å². The van der Waals surface area contributed by atoms with Gasteiger partial charge in [0.1, 0.15) is 0 Å². The molecule has 4 nitrogen and oxygen atoms in total. The van der Waals surface area contributed by atoms with Crippen molar-refractivity contribution < 1.29 is 4.74 Å². The van der Waals surface area contributed by atoms with E-state index < -0.39 is 0 Å². The van der Waals surface area contributed by atoms with Crippen molar-refractivity contribution in [1.29, 1.82) is 0 Å². The van der Waals surface area contributed by atoms with E-state index in [0.717, 1.165) is 31.1 Å². The van der Waals surface area contributed by atoms with Crippen LogP contribution in [0, 0.1) is 5.92 Å². The molecule has 1 aliphatic rings. The minimum Gasteiger partial charge on any atom is -0.481 e. The van der Waals surface area contributed by atoms with Gasteiger partial charge in [0.15, 0.2) is 0 Å². The highest BCUT2D eigenvalue weighted by Gasteiger charge is 2.30. The number of rotatable bonds is 6. The van der Waals surface area contributed by atoms with E-state index in [1.807, 2.05) is 6.07 Å². The highest BCUT2D eigenvalue weighted by molar-refractivity contribution is 5.25. The van der Waals surface area contributed by atoms with Crippen molar-refractivity contribution >= 4 is 0 Å². The van der Waals surface area contributed by atoms with E-state index in [0.29, 0.717) is 12.0 Å². The van der Waals surface area contributed by atoms with Crippen LogP contribution in [-0.2, 0) is 6.54 Å². The molecule has 1 aromatic rings. The smallest absolute Gasteiger partial charge is 0.217 e. The third kappa shape index (κ3) is 3.25. The first-order valence-corrected chi connectivity index (χ1v) is 7.22. The normalized spacial score (nSPS) is 22.9. The summed E-state index contributed by atoms with van der Waals surface area (Å²) >= 11 is 0. The lowest BCUT2D eigenvalue weighted by molar-refractivity contribution is 0.160. The van der Waals surface area contributed by atoms with Crippen LogP contribution in [0.2, 0.25) is 0 Å². The number of hydrogen-bond acceptors (Lipinski definition) is 4. The zero-order valence-electron chi connectivity index (χ0n) is 12.0. The Labute approximate surface area is 116 Å². The number of methoxy groups -OCH3 is 1. The molecule has 1 aromatic heterocycles. The second kappa shape index (κ2) is 6.87. The Balaban J connectivity index is 2.10. The number of nitrogens with zero attached hydrogens (tertiary/aromatic N) is 2. The summed E-state index contributed by atoms with van der Waals surface area (Å²) < 4.78 is 5.34. The average molecular weight is 263 g/mol. The van der Waals surface area contributed by atoms with Crippen molar-refractivity contribution in [2.75, 3.05) is 20.2 Å². The molecule has 1 heterocycles. The first-order valence-electron chi connectivity index (χ1n) is 7.22. The maximum atomic E-state index is 5.90. The Bertz CT molecular complexity index is 397. The van der Waals surface area contributed by atoms with Crippen molar-refractivity contribution in [2.24, 2.45) is 11.7 Å². The van der Waals surface area contributed by atoms with Crippen LogP contribution >= 0.6 is 0 Å². The quantitative estimate of drug-likeness (QED) is 0.853. The highest BCUT2D eigenvalue weighted by Crippen LogP contribution is 2.30. The van der Waals surface area contributed by atoms with Crippen LogP contribution in [0.4, 0.5) is 0 Å². The van der Waals surface area contributed by atoms with Crippen molar-refractivity contribution in [2.45, 2.75) is 38.8 Å². The Morgan fingerprint density at radius 3 is 3.00 bits per heavy atom. The summed E-state index contributed by atoms with van der Waals surface area (Å²) in [5.41, 5.74) is 7.06. The maximum absolute atomic E-state index is 5.90. The lowest BCUT2D eigenvalue weighted by Gasteiger charge is -2.32. The van der Waals surface area contributed by atoms with Gasteiger partial charge in [-0.05, 0) is 37.9 Å². The molecule has 2 rings (SSSR count). The molecule has 2 N–H and O–H groups in total. The summed E-state index contributed by atoms with van der Waals surface area (Å²) in [6, 6.07) is 4.68. The molecule has 2 unspecified atom stereocenters. The Morgan fingerprint density at radius 2 is 2.32 bits per heavy atom. The molecule has 0 amide bonds. The van der Waals surface area contributed by atoms with Gasteiger partial charge in [-0.3, -0.25) is 4.90 Å². The van der Waals surface area contributed by atoms with Crippen LogP contribution in [0.3, 0.4) is 0 Å². The number of pyridine rings is 1. The monoisotopic (exact) mass is 263 g/mol. The lowest BCUT2D eigenvalue weighted by atomic mass is 10.0. The van der Waals surface area contributed by atoms with Crippen LogP contribution in [0.15, 0.2) is 18.3 Å². The molecule has 4 heteroatoms. The molecule has 0 saturated heterocycles. The molecule has 0 bridgehead atoms. The molecule has 106 valence electrons. The number of hydrogen-bond donors (Lipinski definition) is 1. The molecule has 0 spiro atoms. The van der Waals surface area contributed by atoms with Gasteiger partial charge in [-0.15, -0.1) is 0 Å². The van der Waals surface area contributed by atoms with Gasteiger partial charge >= 0.3 is 0 Å². The maximum Gasteiger partial charge on any atom is 0.217 e. The highest BCUT2D eigenvalue weighted by atomic mass is 16.5. The van der Waals surface area contributed by atoms with Crippen LogP contribution in [0.25, 0.3) is 0 Å². The second-order valence-electron chi connectivity index (χ2n) is 5.23. The fourth-order valence-corrected chi connectivity index (χ4v) is 3.18. The SMILES string of the molecule is CCN(Cc1cccnc1OC)C1CCCC1CN. The zero-order chi connectivity index (χ0) is 13.7. The summed E-state index contributed by atoms with van der Waals surface area (Å²) in [5.74, 6) is 1.38. The number of aromatic nitrogens is 1. The predicted octanol–water partition coefficient (Wildman–Crippen LogP) is 2.04. The molecule has 1 fully saturated rings. The first kappa shape index (κ1) is 14.3. The summed E-state index contributed by atoms with van der Waals surface area (Å²) in [4.78, 5) is 6.79. The Morgan fingerprint density at radius 1 is 1.47 bits per heavy atom. The van der Waals surface area contributed by atoms with Crippen molar-refractivity contribution in [3.8, 4) is 5.88 Å². The van der Waals surface area contributed by atoms with E-state index in [1.165, 1.54) is 19.3 Å². The van der Waals surface area contributed by atoms with Gasteiger partial charge in [0.05, 0.1) is 7.11 Å². The van der Waals surface area contributed by atoms with Gasteiger partial charge in [0.2, 0.25) is 5.88 Å². The van der Waals surface area contributed by atoms with Gasteiger partial charge in [-0.2, -0.15) is 0 Å². The topological polar surface area (TPSA) is 51.4 Å². The summed E-state index contributed by atoms with van der Waals surface area (Å²) in [7, 11) is 1.68. The molecular formula is C15H25N3O. The van der Waals surface area contributed by atoms with E-state index in [4.69, 9.17) is 10.5 Å². The van der Waals surface area contributed by atoms with Crippen molar-refractivity contribution in [3.63, 3.8) is 0 Å². The lowest BCUT2D eigenvalue weighted by Crippen LogP contribution is -2.39. The minimum absolute atomic E-state index is 0.611. The Hall–Kier alpha value is -1.13. The Kier molecular flexibility index (Phi) is 5.16. The number of ether oxygens (including phenoxy) is 1. The van der Waals surface area contributed by atoms with Crippen molar-refractivity contribution in [1.82, 2.24) is 9.88 Å². The zero-order valence-corrected chi connectivity index (χ0v) is 12.0. The molecular weight excluding hydrogens is 238 g/mol. The summed E-state index contributed by atoms with van der Waals surface area (Å²) in [5, 5.41) is 0. The third-order valence-electron chi connectivity index (χ3n) is 4.21. The molecule has 1 aliphatic carbocycles. The molecule has 0 aliphatic heterocycles. The van der Waals surface area contributed by atoms with Gasteiger partial charge < -0.3 is 10.5 Å². The van der Waals surface area contributed by atoms with Gasteiger partial charge in [0.25, 0.3) is 0 Å². The summed E-state index contributed by atoms with van der Waals surface area (Å²) in [6.45, 7) is 4.95. The van der Waals surface area contributed by atoms with Gasteiger partial charge in [-0.1, -0.05) is 19.4 Å². The second-order valence-corrected chi connectivity index (χ2v) is 5.23. The van der Waals surface area contributed by atoms with Crippen LogP contribution in [0.1, 0.15) is 31.7 Å². The molecule has 19 heavy (non-hydrogen) atoms. The van der Waals surface area contributed by atoms with Crippen LogP contribution in [0.5, 0.6) is 5.88 Å². The van der Waals surface area contributed by atoms with Crippen LogP contribution in [-0.4, -0.2) is 36.1 Å². The molecule has 2 atom stereocenters. The summed E-state index contributed by atoms with van der Waals surface area (Å²) in [6.07, 6.45) is 5.60.